The second kappa shape index (κ2) is 5.88. The summed E-state index contributed by atoms with van der Waals surface area (Å²) >= 11 is 1.81. The Bertz CT molecular complexity index is 797. The zero-order chi connectivity index (χ0) is 15.8. The van der Waals surface area contributed by atoms with Gasteiger partial charge in [-0.05, 0) is 19.1 Å². The minimum absolute atomic E-state index is 0.293. The zero-order valence-corrected chi connectivity index (χ0v) is 14.1. The number of aryl methyl sites for hydroxylation is 2. The maximum Gasteiger partial charge on any atom is 0.168 e. The number of hydrogen-bond donors (Lipinski definition) is 0. The molecule has 3 aromatic rings. The minimum Gasteiger partial charge on any atom is -0.466 e. The molecule has 4 heterocycles. The number of fused-ring (bicyclic) bond motifs is 1. The summed E-state index contributed by atoms with van der Waals surface area (Å²) in [5.74, 6) is 3.36. The molecule has 1 unspecified atom stereocenters. The van der Waals surface area contributed by atoms with Gasteiger partial charge in [-0.3, -0.25) is 0 Å². The molecule has 0 fully saturated rings. The molecule has 0 aliphatic carbocycles. The average molecular weight is 329 g/mol. The Labute approximate surface area is 138 Å². The normalized spacial score (nSPS) is 15.0. The highest BCUT2D eigenvalue weighted by molar-refractivity contribution is 7.99. The van der Waals surface area contributed by atoms with Crippen molar-refractivity contribution in [2.75, 3.05) is 5.75 Å². The first-order valence-electron chi connectivity index (χ1n) is 7.81. The van der Waals surface area contributed by atoms with Crippen molar-refractivity contribution in [2.45, 2.75) is 44.4 Å². The molecule has 1 aliphatic rings. The van der Waals surface area contributed by atoms with Crippen molar-refractivity contribution in [1.29, 1.82) is 0 Å². The summed E-state index contributed by atoms with van der Waals surface area (Å²) in [6, 6.07) is 4.04. The minimum atomic E-state index is 0.293. The van der Waals surface area contributed by atoms with Crippen LogP contribution in [0.1, 0.15) is 35.7 Å². The van der Waals surface area contributed by atoms with Gasteiger partial charge in [0.15, 0.2) is 5.16 Å². The fourth-order valence-corrected chi connectivity index (χ4v) is 3.81. The van der Waals surface area contributed by atoms with Crippen LogP contribution in [0.5, 0.6) is 0 Å². The molecular weight excluding hydrogens is 310 g/mol. The van der Waals surface area contributed by atoms with Gasteiger partial charge in [0.25, 0.3) is 0 Å². The van der Waals surface area contributed by atoms with Gasteiger partial charge in [-0.2, -0.15) is 0 Å². The van der Waals surface area contributed by atoms with Crippen LogP contribution in [0.3, 0.4) is 0 Å². The quantitative estimate of drug-likeness (QED) is 0.720. The summed E-state index contributed by atoms with van der Waals surface area (Å²) in [6.07, 6.45) is 4.94. The van der Waals surface area contributed by atoms with E-state index in [1.54, 1.807) is 0 Å². The lowest BCUT2D eigenvalue weighted by atomic mass is 10.0. The van der Waals surface area contributed by atoms with Gasteiger partial charge in [0.05, 0.1) is 17.9 Å². The standard InChI is InChI=1S/C16H19N5OS/c1-11(15-4-3-12(2)22-15)7-13-9-21(19-18-13)10-14-8-20-5-6-23-16(20)17-14/h3-4,8-9,11H,5-7,10H2,1-2H3. The van der Waals surface area contributed by atoms with Crippen LogP contribution in [0, 0.1) is 6.92 Å². The summed E-state index contributed by atoms with van der Waals surface area (Å²) in [6.45, 7) is 5.83. The van der Waals surface area contributed by atoms with E-state index in [0.717, 1.165) is 46.8 Å². The molecule has 0 N–H and O–H groups in total. The third-order valence-corrected chi connectivity index (χ3v) is 5.00. The molecular formula is C16H19N5OS. The van der Waals surface area contributed by atoms with Gasteiger partial charge >= 0.3 is 0 Å². The van der Waals surface area contributed by atoms with Crippen LogP contribution >= 0.6 is 11.8 Å². The highest BCUT2D eigenvalue weighted by atomic mass is 32.2. The molecule has 0 radical (unpaired) electrons. The van der Waals surface area contributed by atoms with Gasteiger partial charge in [0.2, 0.25) is 0 Å². The average Bonchev–Trinajstić information content (AvgIpc) is 3.24. The summed E-state index contributed by atoms with van der Waals surface area (Å²) in [7, 11) is 0. The van der Waals surface area contributed by atoms with Crippen molar-refractivity contribution in [1.82, 2.24) is 24.5 Å². The van der Waals surface area contributed by atoms with Gasteiger partial charge in [0.1, 0.15) is 11.5 Å². The number of hydrogen-bond acceptors (Lipinski definition) is 5. The number of furan rings is 1. The Morgan fingerprint density at radius 3 is 3.00 bits per heavy atom. The van der Waals surface area contributed by atoms with E-state index in [1.807, 2.05) is 41.7 Å². The molecule has 120 valence electrons. The molecule has 7 heteroatoms. The molecule has 6 nitrogen and oxygen atoms in total. The van der Waals surface area contributed by atoms with Gasteiger partial charge in [-0.25, -0.2) is 9.67 Å². The predicted octanol–water partition coefficient (Wildman–Crippen LogP) is 2.88. The number of thioether (sulfide) groups is 1. The molecule has 0 aromatic carbocycles. The molecule has 0 amide bonds. The number of imidazole rings is 1. The van der Waals surface area contributed by atoms with Crippen molar-refractivity contribution in [3.05, 3.63) is 47.4 Å². The summed E-state index contributed by atoms with van der Waals surface area (Å²) < 4.78 is 9.75. The lowest BCUT2D eigenvalue weighted by molar-refractivity contribution is 0.450. The highest BCUT2D eigenvalue weighted by Crippen LogP contribution is 2.25. The first kappa shape index (κ1) is 14.6. The largest absolute Gasteiger partial charge is 0.466 e. The first-order valence-corrected chi connectivity index (χ1v) is 8.80. The topological polar surface area (TPSA) is 61.7 Å². The van der Waals surface area contributed by atoms with E-state index in [2.05, 4.69) is 33.0 Å². The van der Waals surface area contributed by atoms with Crippen molar-refractivity contribution < 1.29 is 4.42 Å². The molecule has 1 aliphatic heterocycles. The zero-order valence-electron chi connectivity index (χ0n) is 13.3. The molecule has 3 aromatic heterocycles. The van der Waals surface area contributed by atoms with Crippen LogP contribution in [-0.2, 0) is 19.5 Å². The smallest absolute Gasteiger partial charge is 0.168 e. The van der Waals surface area contributed by atoms with Crippen LogP contribution in [-0.4, -0.2) is 30.3 Å². The molecule has 0 bridgehead atoms. The van der Waals surface area contributed by atoms with E-state index in [-0.39, 0.29) is 0 Å². The number of rotatable bonds is 5. The molecule has 0 saturated heterocycles. The van der Waals surface area contributed by atoms with E-state index in [1.165, 1.54) is 0 Å². The van der Waals surface area contributed by atoms with Gasteiger partial charge < -0.3 is 8.98 Å². The lowest BCUT2D eigenvalue weighted by Crippen LogP contribution is -2.01. The van der Waals surface area contributed by atoms with Crippen LogP contribution in [0.2, 0.25) is 0 Å². The maximum absolute atomic E-state index is 5.68. The fraction of sp³-hybridized carbons (Fsp3) is 0.438. The Kier molecular flexibility index (Phi) is 3.72. The monoisotopic (exact) mass is 329 g/mol. The van der Waals surface area contributed by atoms with Gasteiger partial charge in [-0.1, -0.05) is 23.9 Å². The maximum atomic E-state index is 5.68. The molecule has 0 saturated carbocycles. The third-order valence-electron chi connectivity index (χ3n) is 4.03. The van der Waals surface area contributed by atoms with Crippen molar-refractivity contribution in [3.63, 3.8) is 0 Å². The van der Waals surface area contributed by atoms with E-state index in [9.17, 15) is 0 Å². The highest BCUT2D eigenvalue weighted by Gasteiger charge is 2.16. The Hall–Kier alpha value is -2.02. The van der Waals surface area contributed by atoms with Crippen LogP contribution in [0.15, 0.2) is 34.1 Å². The molecule has 23 heavy (non-hydrogen) atoms. The summed E-state index contributed by atoms with van der Waals surface area (Å²) in [5.41, 5.74) is 2.02. The SMILES string of the molecule is Cc1ccc(C(C)Cc2cn(Cc3cn4c(n3)SCC4)nn2)o1. The number of nitrogens with zero attached hydrogens (tertiary/aromatic N) is 5. The van der Waals surface area contributed by atoms with Crippen LogP contribution < -0.4 is 0 Å². The van der Waals surface area contributed by atoms with Crippen LogP contribution in [0.4, 0.5) is 0 Å². The first-order chi connectivity index (χ1) is 11.2. The Morgan fingerprint density at radius 2 is 2.22 bits per heavy atom. The molecule has 1 atom stereocenters. The number of aromatic nitrogens is 5. The lowest BCUT2D eigenvalue weighted by Gasteiger charge is -2.05. The van der Waals surface area contributed by atoms with Crippen LogP contribution in [0.25, 0.3) is 0 Å². The summed E-state index contributed by atoms with van der Waals surface area (Å²) in [5, 5.41) is 9.62. The van der Waals surface area contributed by atoms with Gasteiger partial charge in [-0.15, -0.1) is 5.10 Å². The predicted molar refractivity (Wildman–Crippen MR) is 87.6 cm³/mol. The van der Waals surface area contributed by atoms with Gasteiger partial charge in [0, 0.05) is 37.0 Å². The Morgan fingerprint density at radius 1 is 1.30 bits per heavy atom. The van der Waals surface area contributed by atoms with E-state index in [0.29, 0.717) is 12.5 Å². The molecule has 4 rings (SSSR count). The van der Waals surface area contributed by atoms with Crippen molar-refractivity contribution in [2.24, 2.45) is 0 Å². The second-order valence-corrected chi connectivity index (χ2v) is 7.08. The van der Waals surface area contributed by atoms with E-state index < -0.39 is 0 Å². The van der Waals surface area contributed by atoms with E-state index >= 15 is 0 Å². The fourth-order valence-electron chi connectivity index (χ4n) is 2.85. The Balaban J connectivity index is 1.42. The van der Waals surface area contributed by atoms with Crippen molar-refractivity contribution in [3.8, 4) is 0 Å². The second-order valence-electron chi connectivity index (χ2n) is 6.02. The summed E-state index contributed by atoms with van der Waals surface area (Å²) in [4.78, 5) is 4.63. The molecule has 0 spiro atoms. The third kappa shape index (κ3) is 3.06. The van der Waals surface area contributed by atoms with E-state index in [4.69, 9.17) is 4.42 Å². The van der Waals surface area contributed by atoms with Crippen molar-refractivity contribution >= 4 is 11.8 Å².